The first-order chi connectivity index (χ1) is 7.11. The molecule has 0 saturated carbocycles. The minimum absolute atomic E-state index is 0.0706. The summed E-state index contributed by atoms with van der Waals surface area (Å²) in [6.07, 6.45) is 4.71. The van der Waals surface area contributed by atoms with Crippen LogP contribution in [0.3, 0.4) is 0 Å². The van der Waals surface area contributed by atoms with E-state index < -0.39 is 0 Å². The number of halogens is 1. The molecule has 0 aliphatic carbocycles. The molecule has 0 radical (unpaired) electrons. The van der Waals surface area contributed by atoms with Gasteiger partial charge in [0.1, 0.15) is 0 Å². The summed E-state index contributed by atoms with van der Waals surface area (Å²) in [6, 6.07) is 0. The standard InChI is InChI=1S/C11H18BrNOS/c1-11(5-3-7-15-11)8-13-6-2-4-9(12)10(13)14/h9H,2-8H2,1H3. The Balaban J connectivity index is 1.95. The van der Waals surface area contributed by atoms with Gasteiger partial charge in [0, 0.05) is 17.8 Å². The van der Waals surface area contributed by atoms with E-state index in [0.717, 1.165) is 25.9 Å². The molecule has 2 unspecified atom stereocenters. The second-order valence-corrected chi connectivity index (χ2v) is 7.56. The van der Waals surface area contributed by atoms with E-state index in [1.165, 1.54) is 18.6 Å². The fourth-order valence-corrected chi connectivity index (χ4v) is 4.35. The Morgan fingerprint density at radius 1 is 1.60 bits per heavy atom. The van der Waals surface area contributed by atoms with E-state index in [4.69, 9.17) is 0 Å². The summed E-state index contributed by atoms with van der Waals surface area (Å²) in [5, 5.41) is 0. The van der Waals surface area contributed by atoms with Crippen LogP contribution in [0.15, 0.2) is 0 Å². The quantitative estimate of drug-likeness (QED) is 0.729. The third-order valence-corrected chi connectivity index (χ3v) is 5.66. The molecule has 1 amide bonds. The summed E-state index contributed by atoms with van der Waals surface area (Å²) < 4.78 is 0.319. The minimum atomic E-state index is 0.0706. The third-order valence-electron chi connectivity index (χ3n) is 3.29. The van der Waals surface area contributed by atoms with Crippen LogP contribution in [0.5, 0.6) is 0 Å². The molecule has 0 bridgehead atoms. The molecule has 2 aliphatic rings. The van der Waals surface area contributed by atoms with Gasteiger partial charge in [-0.25, -0.2) is 0 Å². The van der Waals surface area contributed by atoms with Gasteiger partial charge in [0.2, 0.25) is 5.91 Å². The van der Waals surface area contributed by atoms with Crippen molar-refractivity contribution in [2.75, 3.05) is 18.8 Å². The van der Waals surface area contributed by atoms with Gasteiger partial charge >= 0.3 is 0 Å². The number of hydrogen-bond acceptors (Lipinski definition) is 2. The van der Waals surface area contributed by atoms with Crippen LogP contribution in [-0.4, -0.2) is 39.2 Å². The summed E-state index contributed by atoms with van der Waals surface area (Å²) in [5.41, 5.74) is 0. The first-order valence-corrected chi connectivity index (χ1v) is 7.58. The molecule has 2 fully saturated rings. The predicted molar refractivity (Wildman–Crippen MR) is 68.6 cm³/mol. The largest absolute Gasteiger partial charge is 0.340 e. The first kappa shape index (κ1) is 11.8. The maximum Gasteiger partial charge on any atom is 0.236 e. The van der Waals surface area contributed by atoms with Gasteiger partial charge in [-0.2, -0.15) is 11.8 Å². The van der Waals surface area contributed by atoms with Crippen LogP contribution in [-0.2, 0) is 4.79 Å². The highest BCUT2D eigenvalue weighted by molar-refractivity contribution is 9.10. The lowest BCUT2D eigenvalue weighted by atomic mass is 10.0. The van der Waals surface area contributed by atoms with Crippen LogP contribution in [0.4, 0.5) is 0 Å². The number of nitrogens with zero attached hydrogens (tertiary/aromatic N) is 1. The number of amides is 1. The van der Waals surface area contributed by atoms with Gasteiger partial charge in [0.25, 0.3) is 0 Å². The molecular formula is C11H18BrNOS. The number of alkyl halides is 1. The molecule has 2 heterocycles. The molecule has 2 atom stereocenters. The third kappa shape index (κ3) is 2.70. The molecule has 0 aromatic rings. The molecular weight excluding hydrogens is 274 g/mol. The van der Waals surface area contributed by atoms with E-state index in [0.29, 0.717) is 10.7 Å². The molecule has 15 heavy (non-hydrogen) atoms. The average molecular weight is 292 g/mol. The van der Waals surface area contributed by atoms with Gasteiger partial charge in [-0.05, 0) is 38.4 Å². The van der Waals surface area contributed by atoms with Crippen LogP contribution in [0.25, 0.3) is 0 Å². The first-order valence-electron chi connectivity index (χ1n) is 5.68. The zero-order valence-electron chi connectivity index (χ0n) is 9.17. The number of thioether (sulfide) groups is 1. The number of carbonyl (C=O) groups is 1. The Hall–Kier alpha value is 0.300. The lowest BCUT2D eigenvalue weighted by molar-refractivity contribution is -0.132. The summed E-state index contributed by atoms with van der Waals surface area (Å²) in [5.74, 6) is 1.56. The molecule has 2 aliphatic heterocycles. The highest BCUT2D eigenvalue weighted by Crippen LogP contribution is 2.39. The Labute approximate surface area is 104 Å². The Bertz CT molecular complexity index is 253. The van der Waals surface area contributed by atoms with Gasteiger partial charge in [0.15, 0.2) is 0 Å². The summed E-state index contributed by atoms with van der Waals surface area (Å²) in [7, 11) is 0. The zero-order valence-corrected chi connectivity index (χ0v) is 11.6. The van der Waals surface area contributed by atoms with E-state index in [9.17, 15) is 4.79 Å². The lowest BCUT2D eigenvalue weighted by Crippen LogP contribution is -2.47. The Morgan fingerprint density at radius 3 is 3.07 bits per heavy atom. The fourth-order valence-electron chi connectivity index (χ4n) is 2.42. The van der Waals surface area contributed by atoms with Crippen molar-refractivity contribution >= 4 is 33.6 Å². The van der Waals surface area contributed by atoms with Crippen molar-refractivity contribution in [2.45, 2.75) is 42.2 Å². The SMILES string of the molecule is CC1(CN2CCCC(Br)C2=O)CCCS1. The molecule has 2 rings (SSSR count). The fraction of sp³-hybridized carbons (Fsp3) is 0.909. The smallest absolute Gasteiger partial charge is 0.236 e. The monoisotopic (exact) mass is 291 g/mol. The minimum Gasteiger partial charge on any atom is -0.340 e. The topological polar surface area (TPSA) is 20.3 Å². The van der Waals surface area contributed by atoms with E-state index >= 15 is 0 Å². The van der Waals surface area contributed by atoms with Crippen LogP contribution in [0, 0.1) is 0 Å². The van der Waals surface area contributed by atoms with Crippen molar-refractivity contribution in [2.24, 2.45) is 0 Å². The number of carbonyl (C=O) groups excluding carboxylic acids is 1. The van der Waals surface area contributed by atoms with E-state index in [-0.39, 0.29) is 4.83 Å². The van der Waals surface area contributed by atoms with Crippen molar-refractivity contribution in [1.29, 1.82) is 0 Å². The van der Waals surface area contributed by atoms with Crippen molar-refractivity contribution in [3.05, 3.63) is 0 Å². The lowest BCUT2D eigenvalue weighted by Gasteiger charge is -2.35. The molecule has 2 saturated heterocycles. The molecule has 0 N–H and O–H groups in total. The molecule has 0 aromatic heterocycles. The highest BCUT2D eigenvalue weighted by Gasteiger charge is 2.35. The van der Waals surface area contributed by atoms with E-state index in [1.807, 2.05) is 11.8 Å². The van der Waals surface area contributed by atoms with Gasteiger partial charge in [-0.15, -0.1) is 0 Å². The maximum absolute atomic E-state index is 11.9. The summed E-state index contributed by atoms with van der Waals surface area (Å²) in [4.78, 5) is 14.1. The molecule has 0 aromatic carbocycles. The second kappa shape index (κ2) is 4.66. The average Bonchev–Trinajstić information content (AvgIpc) is 2.60. The van der Waals surface area contributed by atoms with Crippen molar-refractivity contribution < 1.29 is 4.79 Å². The zero-order chi connectivity index (χ0) is 10.9. The van der Waals surface area contributed by atoms with Crippen molar-refractivity contribution in [3.8, 4) is 0 Å². The van der Waals surface area contributed by atoms with Gasteiger partial charge in [-0.3, -0.25) is 4.79 Å². The molecule has 0 spiro atoms. The number of hydrogen-bond donors (Lipinski definition) is 0. The number of likely N-dealkylation sites (tertiary alicyclic amines) is 1. The molecule has 4 heteroatoms. The number of rotatable bonds is 2. The van der Waals surface area contributed by atoms with Crippen LogP contribution in [0.1, 0.15) is 32.6 Å². The van der Waals surface area contributed by atoms with Gasteiger partial charge in [-0.1, -0.05) is 15.9 Å². The Morgan fingerprint density at radius 2 is 2.40 bits per heavy atom. The summed E-state index contributed by atoms with van der Waals surface area (Å²) in [6.45, 7) is 4.20. The molecule has 86 valence electrons. The normalized spacial score (nSPS) is 37.3. The predicted octanol–water partition coefficient (Wildman–Crippen LogP) is 2.66. The molecule has 2 nitrogen and oxygen atoms in total. The van der Waals surface area contributed by atoms with Crippen LogP contribution in [0.2, 0.25) is 0 Å². The van der Waals surface area contributed by atoms with Crippen LogP contribution >= 0.6 is 27.7 Å². The van der Waals surface area contributed by atoms with E-state index in [2.05, 4.69) is 27.8 Å². The van der Waals surface area contributed by atoms with Crippen molar-refractivity contribution in [1.82, 2.24) is 4.90 Å². The number of piperidine rings is 1. The maximum atomic E-state index is 11.9. The Kier molecular flexibility index (Phi) is 3.66. The highest BCUT2D eigenvalue weighted by atomic mass is 79.9. The van der Waals surface area contributed by atoms with E-state index in [1.54, 1.807) is 0 Å². The van der Waals surface area contributed by atoms with Gasteiger partial charge in [0.05, 0.1) is 4.83 Å². The van der Waals surface area contributed by atoms with Crippen LogP contribution < -0.4 is 0 Å². The van der Waals surface area contributed by atoms with Crippen molar-refractivity contribution in [3.63, 3.8) is 0 Å². The summed E-state index contributed by atoms with van der Waals surface area (Å²) >= 11 is 5.50. The van der Waals surface area contributed by atoms with Gasteiger partial charge < -0.3 is 4.90 Å². The second-order valence-electron chi connectivity index (χ2n) is 4.77.